The van der Waals surface area contributed by atoms with Crippen LogP contribution in [0.25, 0.3) is 0 Å². The summed E-state index contributed by atoms with van der Waals surface area (Å²) in [5.41, 5.74) is 4.39. The van der Waals surface area contributed by atoms with Crippen molar-refractivity contribution in [1.82, 2.24) is 4.90 Å². The van der Waals surface area contributed by atoms with Crippen molar-refractivity contribution in [2.45, 2.75) is 20.4 Å². The second-order valence-electron chi connectivity index (χ2n) is 5.40. The van der Waals surface area contributed by atoms with Gasteiger partial charge in [-0.2, -0.15) is 0 Å². The highest BCUT2D eigenvalue weighted by Gasteiger charge is 2.09. The maximum absolute atomic E-state index is 6.21. The zero-order valence-electron chi connectivity index (χ0n) is 12.8. The number of nitrogens with zero attached hydrogens (tertiary/aromatic N) is 1. The summed E-state index contributed by atoms with van der Waals surface area (Å²) in [7, 11) is 1.93. The largest absolute Gasteiger partial charge is 0.348 e. The monoisotopic (exact) mass is 352 g/mol. The molecule has 2 aromatic carbocycles. The molecule has 116 valence electrons. The first kappa shape index (κ1) is 17.1. The molecule has 0 heterocycles. The normalized spacial score (nSPS) is 10.4. The lowest BCUT2D eigenvalue weighted by molar-refractivity contribution is 0.508. The number of rotatable bonds is 3. The van der Waals surface area contributed by atoms with Gasteiger partial charge in [-0.1, -0.05) is 35.3 Å². The summed E-state index contributed by atoms with van der Waals surface area (Å²) >= 11 is 17.6. The molecular formula is C17H18Cl2N2S. The number of halogens is 2. The molecule has 0 amide bonds. The minimum atomic E-state index is 0.618. The molecule has 0 aromatic heterocycles. The van der Waals surface area contributed by atoms with Gasteiger partial charge in [-0.15, -0.1) is 0 Å². The van der Waals surface area contributed by atoms with Gasteiger partial charge in [-0.3, -0.25) is 0 Å². The van der Waals surface area contributed by atoms with Crippen LogP contribution in [0.5, 0.6) is 0 Å². The molecule has 2 aromatic rings. The van der Waals surface area contributed by atoms with E-state index in [9.17, 15) is 0 Å². The highest BCUT2D eigenvalue weighted by atomic mass is 35.5. The van der Waals surface area contributed by atoms with Crippen LogP contribution in [0, 0.1) is 13.8 Å². The summed E-state index contributed by atoms with van der Waals surface area (Å²) < 4.78 is 0. The van der Waals surface area contributed by atoms with E-state index in [4.69, 9.17) is 35.4 Å². The fourth-order valence-electron chi connectivity index (χ4n) is 2.24. The predicted molar refractivity (Wildman–Crippen MR) is 100 cm³/mol. The smallest absolute Gasteiger partial charge is 0.173 e. The summed E-state index contributed by atoms with van der Waals surface area (Å²) in [4.78, 5) is 1.95. The summed E-state index contributed by atoms with van der Waals surface area (Å²) in [6, 6.07) is 11.8. The third-order valence-electron chi connectivity index (χ3n) is 3.24. The molecule has 0 saturated heterocycles. The van der Waals surface area contributed by atoms with Crippen molar-refractivity contribution >= 4 is 46.2 Å². The van der Waals surface area contributed by atoms with Crippen LogP contribution in [0.2, 0.25) is 10.0 Å². The lowest BCUT2D eigenvalue weighted by Crippen LogP contribution is -2.30. The molecule has 0 atom stereocenters. The molecule has 0 saturated carbocycles. The quantitative estimate of drug-likeness (QED) is 0.740. The van der Waals surface area contributed by atoms with Crippen molar-refractivity contribution in [3.8, 4) is 0 Å². The molecular weight excluding hydrogens is 335 g/mol. The average molecular weight is 353 g/mol. The van der Waals surface area contributed by atoms with Crippen molar-refractivity contribution in [3.05, 3.63) is 63.1 Å². The number of nitrogens with one attached hydrogen (secondary N) is 1. The van der Waals surface area contributed by atoms with E-state index in [0.29, 0.717) is 21.7 Å². The number of benzene rings is 2. The molecule has 0 radical (unpaired) electrons. The van der Waals surface area contributed by atoms with Gasteiger partial charge in [-0.05, 0) is 67.0 Å². The van der Waals surface area contributed by atoms with E-state index in [1.165, 1.54) is 11.1 Å². The topological polar surface area (TPSA) is 15.3 Å². The van der Waals surface area contributed by atoms with Crippen LogP contribution in [-0.4, -0.2) is 17.1 Å². The Bertz CT molecular complexity index is 681. The van der Waals surface area contributed by atoms with E-state index in [0.717, 1.165) is 11.3 Å². The molecule has 0 aliphatic rings. The van der Waals surface area contributed by atoms with Crippen molar-refractivity contribution in [1.29, 1.82) is 0 Å². The Labute approximate surface area is 147 Å². The van der Waals surface area contributed by atoms with E-state index in [1.54, 1.807) is 6.07 Å². The number of hydrogen-bond donors (Lipinski definition) is 1. The maximum atomic E-state index is 6.21. The van der Waals surface area contributed by atoms with Crippen molar-refractivity contribution in [3.63, 3.8) is 0 Å². The first-order valence-corrected chi connectivity index (χ1v) is 8.06. The summed E-state index contributed by atoms with van der Waals surface area (Å²) in [5.74, 6) is 0. The van der Waals surface area contributed by atoms with Gasteiger partial charge in [0.05, 0.1) is 0 Å². The third kappa shape index (κ3) is 4.60. The molecule has 0 fully saturated rings. The predicted octanol–water partition coefficient (Wildman–Crippen LogP) is 5.44. The standard InChI is InChI=1S/C17H18Cl2N2S/c1-11-6-12(2)8-15(7-11)20-17(22)21(3)10-13-4-5-14(18)9-16(13)19/h4-9H,10H2,1-3H3,(H,20,22). The van der Waals surface area contributed by atoms with Crippen molar-refractivity contribution < 1.29 is 0 Å². The highest BCUT2D eigenvalue weighted by molar-refractivity contribution is 7.80. The molecule has 22 heavy (non-hydrogen) atoms. The van der Waals surface area contributed by atoms with Crippen LogP contribution in [0.15, 0.2) is 36.4 Å². The molecule has 5 heteroatoms. The molecule has 0 spiro atoms. The number of aryl methyl sites for hydroxylation is 2. The third-order valence-corrected chi connectivity index (χ3v) is 4.24. The Balaban J connectivity index is 2.05. The van der Waals surface area contributed by atoms with Crippen LogP contribution in [0.4, 0.5) is 5.69 Å². The molecule has 0 unspecified atom stereocenters. The van der Waals surface area contributed by atoms with Crippen LogP contribution >= 0.6 is 35.4 Å². The van der Waals surface area contributed by atoms with Crippen LogP contribution < -0.4 is 5.32 Å². The van der Waals surface area contributed by atoms with Gasteiger partial charge in [0.2, 0.25) is 0 Å². The second kappa shape index (κ2) is 7.32. The van der Waals surface area contributed by atoms with E-state index in [-0.39, 0.29) is 0 Å². The van der Waals surface area contributed by atoms with E-state index in [2.05, 4.69) is 37.4 Å². The van der Waals surface area contributed by atoms with Gasteiger partial charge >= 0.3 is 0 Å². The Kier molecular flexibility index (Phi) is 5.68. The number of hydrogen-bond acceptors (Lipinski definition) is 1. The van der Waals surface area contributed by atoms with Gasteiger partial charge < -0.3 is 10.2 Å². The minimum absolute atomic E-state index is 0.618. The Morgan fingerprint density at radius 2 is 1.73 bits per heavy atom. The Morgan fingerprint density at radius 3 is 2.32 bits per heavy atom. The molecule has 0 aliphatic carbocycles. The van der Waals surface area contributed by atoms with E-state index in [1.807, 2.05) is 24.1 Å². The van der Waals surface area contributed by atoms with Crippen molar-refractivity contribution in [2.75, 3.05) is 12.4 Å². The summed E-state index contributed by atoms with van der Waals surface area (Å²) in [6.07, 6.45) is 0. The zero-order chi connectivity index (χ0) is 16.3. The van der Waals surface area contributed by atoms with E-state index >= 15 is 0 Å². The SMILES string of the molecule is Cc1cc(C)cc(NC(=S)N(C)Cc2ccc(Cl)cc2Cl)c1. The zero-order valence-corrected chi connectivity index (χ0v) is 15.1. The number of anilines is 1. The van der Waals surface area contributed by atoms with Gasteiger partial charge in [0.25, 0.3) is 0 Å². The molecule has 0 bridgehead atoms. The van der Waals surface area contributed by atoms with Gasteiger partial charge in [0.1, 0.15) is 0 Å². The molecule has 1 N–H and O–H groups in total. The number of thiocarbonyl (C=S) groups is 1. The fourth-order valence-corrected chi connectivity index (χ4v) is 2.89. The average Bonchev–Trinajstić information content (AvgIpc) is 2.40. The molecule has 0 aliphatic heterocycles. The minimum Gasteiger partial charge on any atom is -0.348 e. The fraction of sp³-hybridized carbons (Fsp3) is 0.235. The molecule has 2 rings (SSSR count). The van der Waals surface area contributed by atoms with Gasteiger partial charge in [0.15, 0.2) is 5.11 Å². The van der Waals surface area contributed by atoms with Crippen molar-refractivity contribution in [2.24, 2.45) is 0 Å². The molecule has 2 nitrogen and oxygen atoms in total. The van der Waals surface area contributed by atoms with Crippen LogP contribution in [0.3, 0.4) is 0 Å². The second-order valence-corrected chi connectivity index (χ2v) is 6.63. The first-order valence-electron chi connectivity index (χ1n) is 6.89. The Morgan fingerprint density at radius 1 is 1.09 bits per heavy atom. The summed E-state index contributed by atoms with van der Waals surface area (Å²) in [6.45, 7) is 4.75. The maximum Gasteiger partial charge on any atom is 0.173 e. The first-order chi connectivity index (χ1) is 10.3. The van der Waals surface area contributed by atoms with Gasteiger partial charge in [0, 0.05) is 29.3 Å². The van der Waals surface area contributed by atoms with Crippen LogP contribution in [-0.2, 0) is 6.54 Å². The highest BCUT2D eigenvalue weighted by Crippen LogP contribution is 2.22. The van der Waals surface area contributed by atoms with Crippen LogP contribution in [0.1, 0.15) is 16.7 Å². The van der Waals surface area contributed by atoms with E-state index < -0.39 is 0 Å². The Hall–Kier alpha value is -1.29. The summed E-state index contributed by atoms with van der Waals surface area (Å²) in [5, 5.41) is 5.19. The lowest BCUT2D eigenvalue weighted by atomic mass is 10.1. The van der Waals surface area contributed by atoms with Gasteiger partial charge in [-0.25, -0.2) is 0 Å². The lowest BCUT2D eigenvalue weighted by Gasteiger charge is -2.22.